The summed E-state index contributed by atoms with van der Waals surface area (Å²) >= 11 is 0. The number of hydrogen-bond donors (Lipinski definition) is 1. The van der Waals surface area contributed by atoms with Gasteiger partial charge < -0.3 is 14.6 Å². The molecule has 0 aromatic heterocycles. The van der Waals surface area contributed by atoms with E-state index in [0.717, 1.165) is 0 Å². The summed E-state index contributed by atoms with van der Waals surface area (Å²) in [4.78, 5) is 12.4. The van der Waals surface area contributed by atoms with Crippen LogP contribution in [0.25, 0.3) is 0 Å². The molecule has 0 heterocycles. The monoisotopic (exact) mass is 258 g/mol. The quantitative estimate of drug-likeness (QED) is 0.661. The van der Waals surface area contributed by atoms with Gasteiger partial charge in [0, 0.05) is 12.7 Å². The van der Waals surface area contributed by atoms with Crippen molar-refractivity contribution in [1.29, 1.82) is 0 Å². The number of benzene rings is 2. The first-order chi connectivity index (χ1) is 9.22. The summed E-state index contributed by atoms with van der Waals surface area (Å²) in [5.41, 5.74) is 0.846. The topological polar surface area (TPSA) is 55.8 Å². The lowest BCUT2D eigenvalue weighted by Crippen LogP contribution is -2.07. The zero-order chi connectivity index (χ0) is 13.7. The molecule has 0 aliphatic carbocycles. The molecule has 1 N–H and O–H groups in total. The van der Waals surface area contributed by atoms with Crippen LogP contribution in [-0.4, -0.2) is 24.8 Å². The number of ether oxygens (including phenoxy) is 2. The van der Waals surface area contributed by atoms with E-state index in [2.05, 4.69) is 0 Å². The fraction of sp³-hybridized carbons (Fsp3) is 0.133. The van der Waals surface area contributed by atoms with Gasteiger partial charge in [-0.25, -0.2) is 0 Å². The number of carbonyl (C=O) groups is 1. The molecule has 2 aromatic carbocycles. The van der Waals surface area contributed by atoms with Gasteiger partial charge in [0.1, 0.15) is 11.5 Å². The largest absolute Gasteiger partial charge is 0.508 e. The maximum absolute atomic E-state index is 12.4. The molecule has 0 amide bonds. The molecule has 0 spiro atoms. The smallest absolute Gasteiger partial charge is 0.196 e. The molecule has 4 heteroatoms. The summed E-state index contributed by atoms with van der Waals surface area (Å²) in [6, 6.07) is 13.2. The normalized spacial score (nSPS) is 10.2. The van der Waals surface area contributed by atoms with Crippen LogP contribution in [0.1, 0.15) is 15.9 Å². The van der Waals surface area contributed by atoms with Crippen LogP contribution in [0.3, 0.4) is 0 Å². The van der Waals surface area contributed by atoms with Gasteiger partial charge in [-0.1, -0.05) is 30.3 Å². The van der Waals surface area contributed by atoms with Crippen molar-refractivity contribution in [3.63, 3.8) is 0 Å². The Morgan fingerprint density at radius 3 is 2.58 bits per heavy atom. The van der Waals surface area contributed by atoms with E-state index in [1.165, 1.54) is 19.2 Å². The highest BCUT2D eigenvalue weighted by Crippen LogP contribution is 2.26. The van der Waals surface area contributed by atoms with E-state index in [1.54, 1.807) is 30.3 Å². The van der Waals surface area contributed by atoms with Gasteiger partial charge in [-0.05, 0) is 18.2 Å². The number of methoxy groups -OCH3 is 1. The molecule has 2 rings (SSSR count). The highest BCUT2D eigenvalue weighted by atomic mass is 16.7. The van der Waals surface area contributed by atoms with Crippen LogP contribution in [0.2, 0.25) is 0 Å². The van der Waals surface area contributed by atoms with Crippen LogP contribution in [0.15, 0.2) is 48.5 Å². The molecule has 0 radical (unpaired) electrons. The van der Waals surface area contributed by atoms with E-state index in [9.17, 15) is 9.90 Å². The second kappa shape index (κ2) is 6.02. The summed E-state index contributed by atoms with van der Waals surface area (Å²) in [6.07, 6.45) is 0. The van der Waals surface area contributed by atoms with E-state index >= 15 is 0 Å². The lowest BCUT2D eigenvalue weighted by Gasteiger charge is -2.10. The Labute approximate surface area is 111 Å². The first-order valence-corrected chi connectivity index (χ1v) is 5.77. The molecule has 0 aliphatic rings. The van der Waals surface area contributed by atoms with Gasteiger partial charge in [-0.15, -0.1) is 0 Å². The Balaban J connectivity index is 2.37. The van der Waals surface area contributed by atoms with E-state index in [1.807, 2.05) is 6.07 Å². The van der Waals surface area contributed by atoms with Crippen LogP contribution in [0.5, 0.6) is 11.5 Å². The first kappa shape index (κ1) is 13.1. The predicted molar refractivity (Wildman–Crippen MR) is 70.5 cm³/mol. The average Bonchev–Trinajstić information content (AvgIpc) is 2.46. The van der Waals surface area contributed by atoms with Gasteiger partial charge in [0.2, 0.25) is 0 Å². The lowest BCUT2D eigenvalue weighted by atomic mass is 10.0. The number of rotatable bonds is 5. The van der Waals surface area contributed by atoms with Crippen molar-refractivity contribution in [1.82, 2.24) is 0 Å². The molecule has 0 atom stereocenters. The molecule has 98 valence electrons. The Morgan fingerprint density at radius 1 is 1.16 bits per heavy atom. The number of phenols is 1. The SMILES string of the molecule is COCOc1ccc(O)cc1C(=O)c1ccccc1. The third-order valence-electron chi connectivity index (χ3n) is 2.58. The van der Waals surface area contributed by atoms with Crippen molar-refractivity contribution in [2.75, 3.05) is 13.9 Å². The molecule has 0 saturated carbocycles. The standard InChI is InChI=1S/C15H14O4/c1-18-10-19-14-8-7-12(16)9-13(14)15(17)11-5-3-2-4-6-11/h2-9,16H,10H2,1H3. The molecule has 0 fully saturated rings. The Kier molecular flexibility index (Phi) is 4.15. The van der Waals surface area contributed by atoms with Crippen molar-refractivity contribution in [3.8, 4) is 11.5 Å². The highest BCUT2D eigenvalue weighted by molar-refractivity contribution is 6.10. The van der Waals surface area contributed by atoms with Crippen LogP contribution in [-0.2, 0) is 4.74 Å². The number of carbonyl (C=O) groups excluding carboxylic acids is 1. The van der Waals surface area contributed by atoms with Gasteiger partial charge in [0.25, 0.3) is 0 Å². The van der Waals surface area contributed by atoms with Gasteiger partial charge in [0.15, 0.2) is 12.6 Å². The van der Waals surface area contributed by atoms with E-state index in [4.69, 9.17) is 9.47 Å². The maximum Gasteiger partial charge on any atom is 0.196 e. The van der Waals surface area contributed by atoms with Gasteiger partial charge in [0.05, 0.1) is 5.56 Å². The molecule has 19 heavy (non-hydrogen) atoms. The van der Waals surface area contributed by atoms with Crippen molar-refractivity contribution in [2.24, 2.45) is 0 Å². The third-order valence-corrected chi connectivity index (χ3v) is 2.58. The van der Waals surface area contributed by atoms with Gasteiger partial charge >= 0.3 is 0 Å². The van der Waals surface area contributed by atoms with Crippen molar-refractivity contribution in [3.05, 3.63) is 59.7 Å². The van der Waals surface area contributed by atoms with E-state index < -0.39 is 0 Å². The van der Waals surface area contributed by atoms with Crippen molar-refractivity contribution >= 4 is 5.78 Å². The lowest BCUT2D eigenvalue weighted by molar-refractivity contribution is 0.0503. The maximum atomic E-state index is 12.4. The van der Waals surface area contributed by atoms with Crippen LogP contribution < -0.4 is 4.74 Å². The van der Waals surface area contributed by atoms with Crippen molar-refractivity contribution in [2.45, 2.75) is 0 Å². The summed E-state index contributed by atoms with van der Waals surface area (Å²) in [7, 11) is 1.50. The average molecular weight is 258 g/mol. The van der Waals surface area contributed by atoms with Crippen LogP contribution in [0.4, 0.5) is 0 Å². The predicted octanol–water partition coefficient (Wildman–Crippen LogP) is 2.61. The molecular formula is C15H14O4. The Hall–Kier alpha value is -2.33. The third kappa shape index (κ3) is 3.11. The molecular weight excluding hydrogens is 244 g/mol. The zero-order valence-electron chi connectivity index (χ0n) is 10.5. The Bertz CT molecular complexity index is 564. The fourth-order valence-electron chi connectivity index (χ4n) is 1.69. The van der Waals surface area contributed by atoms with Gasteiger partial charge in [-0.2, -0.15) is 0 Å². The molecule has 0 bridgehead atoms. The summed E-state index contributed by atoms with van der Waals surface area (Å²) in [6.45, 7) is 0.0415. The minimum Gasteiger partial charge on any atom is -0.508 e. The molecule has 0 aliphatic heterocycles. The van der Waals surface area contributed by atoms with Crippen LogP contribution in [0, 0.1) is 0 Å². The minimum atomic E-state index is -0.206. The minimum absolute atomic E-state index is 0.0176. The highest BCUT2D eigenvalue weighted by Gasteiger charge is 2.15. The number of aromatic hydroxyl groups is 1. The second-order valence-corrected chi connectivity index (χ2v) is 3.93. The molecule has 2 aromatic rings. The molecule has 0 unspecified atom stereocenters. The Morgan fingerprint density at radius 2 is 1.89 bits per heavy atom. The van der Waals surface area contributed by atoms with Crippen LogP contribution >= 0.6 is 0 Å². The number of ketones is 1. The second-order valence-electron chi connectivity index (χ2n) is 3.93. The fourth-order valence-corrected chi connectivity index (χ4v) is 1.69. The number of phenolic OH excluding ortho intramolecular Hbond substituents is 1. The number of hydrogen-bond acceptors (Lipinski definition) is 4. The zero-order valence-corrected chi connectivity index (χ0v) is 10.5. The molecule has 0 saturated heterocycles. The first-order valence-electron chi connectivity index (χ1n) is 5.77. The van der Waals surface area contributed by atoms with Crippen molar-refractivity contribution < 1.29 is 19.4 Å². The molecule has 4 nitrogen and oxygen atoms in total. The van der Waals surface area contributed by atoms with E-state index in [-0.39, 0.29) is 18.3 Å². The van der Waals surface area contributed by atoms with Gasteiger partial charge in [-0.3, -0.25) is 4.79 Å². The summed E-state index contributed by atoms with van der Waals surface area (Å²) in [5, 5.41) is 9.52. The van der Waals surface area contributed by atoms with E-state index in [0.29, 0.717) is 16.9 Å². The summed E-state index contributed by atoms with van der Waals surface area (Å²) < 4.78 is 10.2. The summed E-state index contributed by atoms with van der Waals surface area (Å²) in [5.74, 6) is 0.195.